The van der Waals surface area contributed by atoms with Gasteiger partial charge in [0.15, 0.2) is 0 Å². The third kappa shape index (κ3) is 7.80. The van der Waals surface area contributed by atoms with Gasteiger partial charge < -0.3 is 5.73 Å². The molecule has 5 heterocycles. The minimum atomic E-state index is 0.464. The molecule has 0 aliphatic rings. The van der Waals surface area contributed by atoms with E-state index in [9.17, 15) is 0 Å². The molecule has 214 valence electrons. The van der Waals surface area contributed by atoms with E-state index in [4.69, 9.17) is 20.7 Å². The lowest BCUT2D eigenvalue weighted by molar-refractivity contribution is 1.05. The van der Waals surface area contributed by atoms with Crippen molar-refractivity contribution in [3.05, 3.63) is 176 Å². The summed E-state index contributed by atoms with van der Waals surface area (Å²) in [6.07, 6.45) is 21.6. The lowest BCUT2D eigenvalue weighted by Gasteiger charge is -2.11. The second kappa shape index (κ2) is 14.7. The normalized spacial score (nSPS) is 12.1. The molecule has 0 amide bonds. The molecular formula is C37H31N7. The highest BCUT2D eigenvalue weighted by atomic mass is 14.8. The Balaban J connectivity index is 1.56. The first-order valence-corrected chi connectivity index (χ1v) is 14.0. The maximum Gasteiger partial charge on any atom is 0.0900 e. The molecule has 0 bridgehead atoms. The van der Waals surface area contributed by atoms with Gasteiger partial charge in [-0.25, -0.2) is 9.97 Å². The topological polar surface area (TPSA) is 103 Å². The van der Waals surface area contributed by atoms with Crippen LogP contribution in [0.1, 0.15) is 22.4 Å². The van der Waals surface area contributed by atoms with Crippen molar-refractivity contribution in [3.8, 4) is 22.6 Å². The van der Waals surface area contributed by atoms with E-state index in [1.54, 1.807) is 37.1 Å². The molecule has 0 aromatic carbocycles. The molecule has 2 N–H and O–H groups in total. The van der Waals surface area contributed by atoms with E-state index in [0.29, 0.717) is 34.9 Å². The molecule has 7 nitrogen and oxygen atoms in total. The van der Waals surface area contributed by atoms with Crippen molar-refractivity contribution in [3.63, 3.8) is 0 Å². The molecule has 0 spiro atoms. The largest absolute Gasteiger partial charge is 0.398 e. The molecule has 5 aromatic heterocycles. The molecule has 0 atom stereocenters. The molecule has 5 aromatic rings. The average Bonchev–Trinajstić information content (AvgIpc) is 3.09. The highest BCUT2D eigenvalue weighted by Gasteiger charge is 2.12. The number of aromatic nitrogens is 5. The van der Waals surface area contributed by atoms with Crippen LogP contribution < -0.4 is 5.73 Å². The van der Waals surface area contributed by atoms with Crippen molar-refractivity contribution in [1.29, 1.82) is 0 Å². The van der Waals surface area contributed by atoms with Gasteiger partial charge in [0.05, 0.1) is 35.0 Å². The van der Waals surface area contributed by atoms with Crippen LogP contribution in [0.3, 0.4) is 0 Å². The van der Waals surface area contributed by atoms with E-state index in [2.05, 4.69) is 28.1 Å². The van der Waals surface area contributed by atoms with Crippen LogP contribution in [0.5, 0.6) is 0 Å². The predicted octanol–water partition coefficient (Wildman–Crippen LogP) is 7.30. The van der Waals surface area contributed by atoms with E-state index in [-0.39, 0.29) is 0 Å². The Bertz CT molecular complexity index is 1860. The standard InChI is InChI=1S/C37H31N7/c1-3-4-15-33(42-24-28-11-7-18-39-23-28)31-21-36(27(2)10-5-14-32(38)29-12-8-19-40-25-29)44-37(22-31)35-17-6-16-34(43-35)30-13-9-20-41-26-30/h3-23,25-26H,1-2,24,38H2/b10-5-,15-4-,32-14-,42-33?. The van der Waals surface area contributed by atoms with Gasteiger partial charge in [-0.15, -0.1) is 0 Å². The summed E-state index contributed by atoms with van der Waals surface area (Å²) >= 11 is 0. The van der Waals surface area contributed by atoms with Crippen LogP contribution in [0.15, 0.2) is 159 Å². The summed E-state index contributed by atoms with van der Waals surface area (Å²) < 4.78 is 0. The number of aliphatic imine (C=N–C) groups is 1. The first kappa shape index (κ1) is 29.4. The van der Waals surface area contributed by atoms with Crippen molar-refractivity contribution in [2.45, 2.75) is 6.54 Å². The van der Waals surface area contributed by atoms with Crippen LogP contribution in [0.2, 0.25) is 0 Å². The fourth-order valence-electron chi connectivity index (χ4n) is 4.28. The van der Waals surface area contributed by atoms with E-state index in [0.717, 1.165) is 33.7 Å². The molecule has 0 saturated carbocycles. The number of nitrogens with two attached hydrogens (primary N) is 1. The maximum atomic E-state index is 6.25. The predicted molar refractivity (Wildman–Crippen MR) is 179 cm³/mol. The van der Waals surface area contributed by atoms with Crippen molar-refractivity contribution >= 4 is 17.0 Å². The van der Waals surface area contributed by atoms with E-state index in [1.165, 1.54) is 0 Å². The molecule has 0 aliphatic carbocycles. The van der Waals surface area contributed by atoms with Crippen molar-refractivity contribution in [2.75, 3.05) is 0 Å². The summed E-state index contributed by atoms with van der Waals surface area (Å²) in [4.78, 5) is 27.4. The number of hydrogen-bond donors (Lipinski definition) is 1. The van der Waals surface area contributed by atoms with Gasteiger partial charge in [0, 0.05) is 59.6 Å². The van der Waals surface area contributed by atoms with Gasteiger partial charge in [-0.3, -0.25) is 19.9 Å². The Hall–Kier alpha value is -6.08. The number of rotatable bonds is 11. The van der Waals surface area contributed by atoms with Crippen LogP contribution in [0, 0.1) is 0 Å². The molecule has 44 heavy (non-hydrogen) atoms. The van der Waals surface area contributed by atoms with Gasteiger partial charge in [-0.2, -0.15) is 0 Å². The average molecular weight is 574 g/mol. The molecule has 0 aliphatic heterocycles. The molecule has 5 rings (SSSR count). The van der Waals surface area contributed by atoms with E-state index < -0.39 is 0 Å². The molecule has 0 fully saturated rings. The lowest BCUT2D eigenvalue weighted by atomic mass is 10.0. The highest BCUT2D eigenvalue weighted by Crippen LogP contribution is 2.25. The van der Waals surface area contributed by atoms with Crippen LogP contribution in [-0.2, 0) is 6.54 Å². The summed E-state index contributed by atoms with van der Waals surface area (Å²) in [6, 6.07) is 21.4. The molecular weight excluding hydrogens is 542 g/mol. The summed E-state index contributed by atoms with van der Waals surface area (Å²) in [5, 5.41) is 0. The van der Waals surface area contributed by atoms with Crippen LogP contribution in [0.4, 0.5) is 0 Å². The van der Waals surface area contributed by atoms with Gasteiger partial charge in [0.1, 0.15) is 0 Å². The summed E-state index contributed by atoms with van der Waals surface area (Å²) in [5.74, 6) is 0. The minimum absolute atomic E-state index is 0.464. The molecule has 0 saturated heterocycles. The quantitative estimate of drug-likeness (QED) is 0.131. The van der Waals surface area contributed by atoms with Crippen molar-refractivity contribution < 1.29 is 0 Å². The number of nitrogens with zero attached hydrogens (tertiary/aromatic N) is 6. The van der Waals surface area contributed by atoms with E-state index in [1.807, 2.05) is 103 Å². The Morgan fingerprint density at radius 3 is 2.25 bits per heavy atom. The van der Waals surface area contributed by atoms with Crippen LogP contribution >= 0.6 is 0 Å². The lowest BCUT2D eigenvalue weighted by Crippen LogP contribution is -2.03. The van der Waals surface area contributed by atoms with Gasteiger partial charge in [-0.1, -0.05) is 49.6 Å². The minimum Gasteiger partial charge on any atom is -0.398 e. The SMILES string of the molecule is C=C/C=C\C(=NCc1cccnc1)c1cc(C(=C)/C=C\C=C(/N)c2cccnc2)nc(-c2cccc(-c3cccnc3)n2)c1. The number of allylic oxidation sites excluding steroid dienone is 7. The number of hydrogen-bond acceptors (Lipinski definition) is 7. The second-order valence-corrected chi connectivity index (χ2v) is 9.68. The summed E-state index contributed by atoms with van der Waals surface area (Å²) in [5.41, 5.74) is 14.8. The highest BCUT2D eigenvalue weighted by molar-refractivity contribution is 6.09. The van der Waals surface area contributed by atoms with Gasteiger partial charge in [0.2, 0.25) is 0 Å². The third-order valence-corrected chi connectivity index (χ3v) is 6.53. The second-order valence-electron chi connectivity index (χ2n) is 9.68. The Kier molecular flexibility index (Phi) is 9.83. The van der Waals surface area contributed by atoms with Gasteiger partial charge >= 0.3 is 0 Å². The summed E-state index contributed by atoms with van der Waals surface area (Å²) in [6.45, 7) is 8.61. The third-order valence-electron chi connectivity index (χ3n) is 6.53. The summed E-state index contributed by atoms with van der Waals surface area (Å²) in [7, 11) is 0. The van der Waals surface area contributed by atoms with Crippen LogP contribution in [-0.4, -0.2) is 30.6 Å². The first-order chi connectivity index (χ1) is 21.6. The zero-order valence-electron chi connectivity index (χ0n) is 24.2. The Morgan fingerprint density at radius 2 is 1.52 bits per heavy atom. The van der Waals surface area contributed by atoms with E-state index >= 15 is 0 Å². The zero-order chi connectivity index (χ0) is 30.6. The van der Waals surface area contributed by atoms with Gasteiger partial charge in [-0.05, 0) is 77.9 Å². The van der Waals surface area contributed by atoms with Gasteiger partial charge in [0.25, 0.3) is 0 Å². The number of pyridine rings is 5. The molecule has 0 radical (unpaired) electrons. The smallest absolute Gasteiger partial charge is 0.0900 e. The fourth-order valence-corrected chi connectivity index (χ4v) is 4.28. The van der Waals surface area contributed by atoms with Crippen molar-refractivity contribution in [1.82, 2.24) is 24.9 Å². The Labute approximate surface area is 257 Å². The molecule has 0 unspecified atom stereocenters. The zero-order valence-corrected chi connectivity index (χ0v) is 24.2. The monoisotopic (exact) mass is 573 g/mol. The maximum absolute atomic E-state index is 6.25. The molecule has 7 heteroatoms. The van der Waals surface area contributed by atoms with Crippen LogP contribution in [0.25, 0.3) is 33.9 Å². The Morgan fingerprint density at radius 1 is 0.750 bits per heavy atom. The first-order valence-electron chi connectivity index (χ1n) is 14.0. The fraction of sp³-hybridized carbons (Fsp3) is 0.0270. The van der Waals surface area contributed by atoms with Crippen molar-refractivity contribution in [2.24, 2.45) is 10.7 Å².